The molecule has 0 aromatic rings. The second-order valence-corrected chi connectivity index (χ2v) is 2.15. The van der Waals surface area contributed by atoms with Crippen molar-refractivity contribution in [1.82, 2.24) is 0 Å². The summed E-state index contributed by atoms with van der Waals surface area (Å²) in [5, 5.41) is 0. The molecule has 1 heterocycles. The number of allylic oxidation sites excluding steroid dienone is 4. The molecule has 0 nitrogen and oxygen atoms in total. The zero-order chi connectivity index (χ0) is 4.95. The standard InChI is InChI=1S/C6H6P/c1-2-4-6-7-5-3-1/h1-3,5-7H. The lowest BCUT2D eigenvalue weighted by molar-refractivity contribution is 1.91. The lowest BCUT2D eigenvalue weighted by Gasteiger charge is -1.70. The van der Waals surface area contributed by atoms with E-state index in [4.69, 9.17) is 0 Å². The van der Waals surface area contributed by atoms with E-state index in [0.717, 1.165) is 8.58 Å². The van der Waals surface area contributed by atoms with E-state index in [2.05, 4.69) is 11.9 Å². The van der Waals surface area contributed by atoms with Crippen LogP contribution in [0, 0.1) is 6.08 Å². The van der Waals surface area contributed by atoms with Gasteiger partial charge in [0.1, 0.15) is 0 Å². The van der Waals surface area contributed by atoms with Crippen molar-refractivity contribution in [3.05, 3.63) is 35.9 Å². The first-order chi connectivity index (χ1) is 3.50. The van der Waals surface area contributed by atoms with Gasteiger partial charge < -0.3 is 0 Å². The van der Waals surface area contributed by atoms with Crippen molar-refractivity contribution in [2.75, 3.05) is 0 Å². The minimum atomic E-state index is 0.816. The molecule has 0 N–H and O–H groups in total. The average molecular weight is 109 g/mol. The van der Waals surface area contributed by atoms with Crippen molar-refractivity contribution in [1.29, 1.82) is 0 Å². The fourth-order valence-corrected chi connectivity index (χ4v) is 0.877. The maximum atomic E-state index is 2.99. The molecule has 0 aliphatic carbocycles. The Morgan fingerprint density at radius 1 is 1.29 bits per heavy atom. The monoisotopic (exact) mass is 109 g/mol. The molecule has 0 saturated carbocycles. The van der Waals surface area contributed by atoms with Gasteiger partial charge in [-0.3, -0.25) is 0 Å². The first-order valence-electron chi connectivity index (χ1n) is 2.15. The Bertz CT molecular complexity index is 106. The summed E-state index contributed by atoms with van der Waals surface area (Å²) in [6.07, 6.45) is 8.92. The summed E-state index contributed by atoms with van der Waals surface area (Å²) in [7, 11) is 0.816. The van der Waals surface area contributed by atoms with Crippen molar-refractivity contribution < 1.29 is 0 Å². The second-order valence-electron chi connectivity index (χ2n) is 1.20. The van der Waals surface area contributed by atoms with E-state index in [0.29, 0.717) is 0 Å². The van der Waals surface area contributed by atoms with Crippen LogP contribution in [0.3, 0.4) is 0 Å². The van der Waals surface area contributed by atoms with Crippen LogP contribution in [0.2, 0.25) is 0 Å². The van der Waals surface area contributed by atoms with Crippen molar-refractivity contribution in [3.8, 4) is 0 Å². The molecule has 0 aromatic carbocycles. The van der Waals surface area contributed by atoms with E-state index in [-0.39, 0.29) is 0 Å². The first-order valence-corrected chi connectivity index (χ1v) is 3.31. The van der Waals surface area contributed by atoms with Crippen LogP contribution in [-0.2, 0) is 0 Å². The van der Waals surface area contributed by atoms with Crippen LogP contribution in [0.5, 0.6) is 0 Å². The number of hydrogen-bond acceptors (Lipinski definition) is 0. The third-order valence-corrected chi connectivity index (χ3v) is 1.38. The minimum absolute atomic E-state index is 0.816. The predicted molar refractivity (Wildman–Crippen MR) is 34.4 cm³/mol. The Morgan fingerprint density at radius 3 is 3.29 bits per heavy atom. The maximum absolute atomic E-state index is 2.99. The number of hydrogen-bond donors (Lipinski definition) is 0. The van der Waals surface area contributed by atoms with Crippen molar-refractivity contribution in [2.45, 2.75) is 0 Å². The van der Waals surface area contributed by atoms with E-state index in [9.17, 15) is 0 Å². The van der Waals surface area contributed by atoms with Gasteiger partial charge in [0.05, 0.1) is 0 Å². The molecule has 0 fully saturated rings. The highest BCUT2D eigenvalue weighted by atomic mass is 31.1. The van der Waals surface area contributed by atoms with Gasteiger partial charge in [0, 0.05) is 0 Å². The first kappa shape index (κ1) is 4.80. The van der Waals surface area contributed by atoms with Gasteiger partial charge in [0.2, 0.25) is 0 Å². The van der Waals surface area contributed by atoms with Crippen molar-refractivity contribution in [2.24, 2.45) is 0 Å². The summed E-state index contributed by atoms with van der Waals surface area (Å²) in [5.41, 5.74) is 0. The molecule has 1 aliphatic rings. The fourth-order valence-electron chi connectivity index (χ4n) is 0.367. The van der Waals surface area contributed by atoms with Gasteiger partial charge in [0.25, 0.3) is 0 Å². The Labute approximate surface area is 45.4 Å². The van der Waals surface area contributed by atoms with Crippen LogP contribution < -0.4 is 0 Å². The van der Waals surface area contributed by atoms with Gasteiger partial charge in [-0.25, -0.2) is 0 Å². The highest BCUT2D eigenvalue weighted by Crippen LogP contribution is 2.14. The zero-order valence-electron chi connectivity index (χ0n) is 3.89. The molecule has 1 heteroatoms. The summed E-state index contributed by atoms with van der Waals surface area (Å²) >= 11 is 0. The van der Waals surface area contributed by atoms with Gasteiger partial charge >= 0.3 is 0 Å². The van der Waals surface area contributed by atoms with Crippen LogP contribution >= 0.6 is 8.58 Å². The summed E-state index contributed by atoms with van der Waals surface area (Å²) in [5.74, 6) is 4.15. The second kappa shape index (κ2) is 2.76. The average Bonchev–Trinajstić information content (AvgIpc) is 1.90. The quantitative estimate of drug-likeness (QED) is 0.418. The van der Waals surface area contributed by atoms with Gasteiger partial charge in [-0.15, -0.1) is 0 Å². The van der Waals surface area contributed by atoms with Crippen LogP contribution in [-0.4, -0.2) is 0 Å². The van der Waals surface area contributed by atoms with E-state index in [1.807, 2.05) is 24.0 Å². The van der Waals surface area contributed by atoms with Crippen LogP contribution in [0.15, 0.2) is 29.9 Å². The summed E-state index contributed by atoms with van der Waals surface area (Å²) in [6.45, 7) is 0. The van der Waals surface area contributed by atoms with Gasteiger partial charge in [-0.2, -0.15) is 0 Å². The molecule has 0 bridgehead atoms. The zero-order valence-corrected chi connectivity index (χ0v) is 4.89. The molecule has 0 saturated heterocycles. The molecule has 35 valence electrons. The molecule has 1 rings (SSSR count). The van der Waals surface area contributed by atoms with E-state index < -0.39 is 0 Å². The lowest BCUT2D eigenvalue weighted by atomic mass is 10.5. The van der Waals surface area contributed by atoms with Crippen molar-refractivity contribution in [3.63, 3.8) is 0 Å². The smallest absolute Gasteiger partial charge is 0.0178 e. The third-order valence-electron chi connectivity index (χ3n) is 0.663. The van der Waals surface area contributed by atoms with Crippen molar-refractivity contribution >= 4 is 8.58 Å². The van der Waals surface area contributed by atoms with Crippen LogP contribution in [0.4, 0.5) is 0 Å². The Kier molecular flexibility index (Phi) is 1.89. The Morgan fingerprint density at radius 2 is 2.29 bits per heavy atom. The molecule has 1 aliphatic heterocycles. The largest absolute Gasteiger partial charge is 0.0743 e. The summed E-state index contributed by atoms with van der Waals surface area (Å²) in [6, 6.07) is 0. The van der Waals surface area contributed by atoms with E-state index >= 15 is 0 Å². The number of rotatable bonds is 0. The molecule has 1 unspecified atom stereocenters. The molecule has 0 spiro atoms. The Balaban J connectivity index is 2.60. The van der Waals surface area contributed by atoms with Gasteiger partial charge in [0.15, 0.2) is 0 Å². The maximum Gasteiger partial charge on any atom is -0.0178 e. The van der Waals surface area contributed by atoms with Crippen LogP contribution in [0.1, 0.15) is 0 Å². The van der Waals surface area contributed by atoms with E-state index in [1.54, 1.807) is 0 Å². The molecule has 7 heavy (non-hydrogen) atoms. The SMILES string of the molecule is [C]1=CPC=CC=C1. The molecule has 1 radical (unpaired) electrons. The molecular formula is C6H6P. The Hall–Kier alpha value is -0.350. The molecular weight excluding hydrogens is 103 g/mol. The van der Waals surface area contributed by atoms with Gasteiger partial charge in [-0.05, 0) is 6.08 Å². The van der Waals surface area contributed by atoms with Crippen LogP contribution in [0.25, 0.3) is 0 Å². The molecule has 0 amide bonds. The summed E-state index contributed by atoms with van der Waals surface area (Å²) in [4.78, 5) is 0. The third kappa shape index (κ3) is 1.70. The highest BCUT2D eigenvalue weighted by Gasteiger charge is 1.71. The predicted octanol–water partition coefficient (Wildman–Crippen LogP) is 2.07. The van der Waals surface area contributed by atoms with Gasteiger partial charge in [-0.1, -0.05) is 38.4 Å². The highest BCUT2D eigenvalue weighted by molar-refractivity contribution is 7.45. The molecule has 0 aromatic heterocycles. The van der Waals surface area contributed by atoms with E-state index in [1.165, 1.54) is 0 Å². The fraction of sp³-hybridized carbons (Fsp3) is 0. The minimum Gasteiger partial charge on any atom is -0.0743 e. The topological polar surface area (TPSA) is 0 Å². The molecule has 1 atom stereocenters. The normalized spacial score (nSPS) is 17.1. The lowest BCUT2D eigenvalue weighted by Crippen LogP contribution is -1.39. The summed E-state index contributed by atoms with van der Waals surface area (Å²) < 4.78 is 0.